The van der Waals surface area contributed by atoms with E-state index in [2.05, 4.69) is 9.97 Å². The number of hydrogen-bond acceptors (Lipinski definition) is 5. The number of aromatic nitrogens is 2. The molecule has 1 fully saturated rings. The fraction of sp³-hybridized carbons (Fsp3) is 0.636. The molecule has 0 aliphatic carbocycles. The predicted molar refractivity (Wildman–Crippen MR) is 70.4 cm³/mol. The van der Waals surface area contributed by atoms with Gasteiger partial charge in [0.25, 0.3) is 0 Å². The molecule has 0 spiro atoms. The van der Waals surface area contributed by atoms with Crippen molar-refractivity contribution in [2.24, 2.45) is 0 Å². The summed E-state index contributed by atoms with van der Waals surface area (Å²) in [6.07, 6.45) is -3.42. The van der Waals surface area contributed by atoms with Gasteiger partial charge in [-0.15, -0.1) is 0 Å². The predicted octanol–water partition coefficient (Wildman–Crippen LogP) is 0.885. The Hall–Kier alpha value is -1.42. The zero-order valence-corrected chi connectivity index (χ0v) is 12.4. The number of aryl methyl sites for hydroxylation is 1. The molecule has 0 unspecified atom stereocenters. The number of alkyl halides is 3. The lowest BCUT2D eigenvalue weighted by molar-refractivity contribution is -0.141. The number of sulfonamides is 1. The molecular weight excluding hydrogens is 309 g/mol. The Balaban J connectivity index is 2.19. The summed E-state index contributed by atoms with van der Waals surface area (Å²) in [7, 11) is -3.28. The summed E-state index contributed by atoms with van der Waals surface area (Å²) < 4.78 is 62.3. The molecule has 0 amide bonds. The molecule has 1 aliphatic heterocycles. The van der Waals surface area contributed by atoms with Crippen molar-refractivity contribution in [1.29, 1.82) is 0 Å². The van der Waals surface area contributed by atoms with Gasteiger partial charge in [0.05, 0.1) is 6.26 Å². The van der Waals surface area contributed by atoms with Crippen LogP contribution in [0.25, 0.3) is 0 Å². The van der Waals surface area contributed by atoms with E-state index in [0.717, 1.165) is 12.3 Å². The molecule has 0 N–H and O–H groups in total. The molecule has 1 aromatic heterocycles. The number of hydrogen-bond donors (Lipinski definition) is 0. The summed E-state index contributed by atoms with van der Waals surface area (Å²) in [6.45, 7) is 2.43. The molecule has 21 heavy (non-hydrogen) atoms. The highest BCUT2D eigenvalue weighted by Crippen LogP contribution is 2.29. The Morgan fingerprint density at radius 3 is 2.19 bits per heavy atom. The Morgan fingerprint density at radius 1 is 1.14 bits per heavy atom. The molecule has 118 valence electrons. The van der Waals surface area contributed by atoms with Crippen LogP contribution in [0, 0.1) is 6.92 Å². The average molecular weight is 324 g/mol. The van der Waals surface area contributed by atoms with Gasteiger partial charge in [0.15, 0.2) is 0 Å². The van der Waals surface area contributed by atoms with Gasteiger partial charge in [-0.05, 0) is 6.92 Å². The minimum absolute atomic E-state index is 0.0327. The summed E-state index contributed by atoms with van der Waals surface area (Å²) in [5.74, 6) is 0.202. The molecule has 0 radical (unpaired) electrons. The number of nitrogens with zero attached hydrogens (tertiary/aromatic N) is 4. The lowest BCUT2D eigenvalue weighted by atomic mass is 10.3. The van der Waals surface area contributed by atoms with E-state index < -0.39 is 21.9 Å². The molecule has 1 aromatic rings. The van der Waals surface area contributed by atoms with Gasteiger partial charge in [0, 0.05) is 32.2 Å². The first-order chi connectivity index (χ1) is 9.57. The zero-order valence-electron chi connectivity index (χ0n) is 11.6. The second-order valence-electron chi connectivity index (χ2n) is 4.81. The van der Waals surface area contributed by atoms with E-state index in [4.69, 9.17) is 0 Å². The summed E-state index contributed by atoms with van der Waals surface area (Å²) >= 11 is 0. The van der Waals surface area contributed by atoms with Crippen LogP contribution in [0.1, 0.15) is 11.5 Å². The first-order valence-corrected chi connectivity index (χ1v) is 8.05. The lowest BCUT2D eigenvalue weighted by Gasteiger charge is -2.34. The van der Waals surface area contributed by atoms with Crippen molar-refractivity contribution in [2.45, 2.75) is 13.1 Å². The van der Waals surface area contributed by atoms with Crippen LogP contribution in [0.15, 0.2) is 6.07 Å². The van der Waals surface area contributed by atoms with Gasteiger partial charge in [-0.3, -0.25) is 0 Å². The molecular formula is C11H15F3N4O2S. The summed E-state index contributed by atoms with van der Waals surface area (Å²) in [6, 6.07) is 0.892. The molecule has 1 saturated heterocycles. The summed E-state index contributed by atoms with van der Waals surface area (Å²) in [4.78, 5) is 9.02. The Bertz CT molecular complexity index is 625. The van der Waals surface area contributed by atoms with E-state index in [1.807, 2.05) is 0 Å². The second kappa shape index (κ2) is 5.41. The van der Waals surface area contributed by atoms with Crippen LogP contribution in [0.5, 0.6) is 0 Å². The van der Waals surface area contributed by atoms with Crippen LogP contribution in [0.4, 0.5) is 19.0 Å². The van der Waals surface area contributed by atoms with E-state index in [0.29, 0.717) is 13.1 Å². The van der Waals surface area contributed by atoms with Crippen LogP contribution in [-0.2, 0) is 16.2 Å². The first-order valence-electron chi connectivity index (χ1n) is 6.20. The van der Waals surface area contributed by atoms with E-state index in [9.17, 15) is 21.6 Å². The van der Waals surface area contributed by atoms with Crippen LogP contribution in [-0.4, -0.2) is 55.1 Å². The van der Waals surface area contributed by atoms with Crippen LogP contribution >= 0.6 is 0 Å². The third-order valence-electron chi connectivity index (χ3n) is 3.15. The highest BCUT2D eigenvalue weighted by Gasteiger charge is 2.34. The van der Waals surface area contributed by atoms with E-state index in [1.54, 1.807) is 4.90 Å². The van der Waals surface area contributed by atoms with Crippen molar-refractivity contribution in [3.63, 3.8) is 0 Å². The van der Waals surface area contributed by atoms with Crippen molar-refractivity contribution < 1.29 is 21.6 Å². The van der Waals surface area contributed by atoms with E-state index in [-0.39, 0.29) is 24.7 Å². The Labute approximate surface area is 120 Å². The van der Waals surface area contributed by atoms with Gasteiger partial charge in [0.2, 0.25) is 10.0 Å². The number of halogens is 3. The van der Waals surface area contributed by atoms with Gasteiger partial charge in [-0.2, -0.15) is 17.5 Å². The van der Waals surface area contributed by atoms with Crippen LogP contribution in [0.2, 0.25) is 0 Å². The van der Waals surface area contributed by atoms with E-state index >= 15 is 0 Å². The fourth-order valence-electron chi connectivity index (χ4n) is 2.11. The number of anilines is 1. The molecule has 0 atom stereocenters. The normalized spacial score (nSPS) is 18.0. The molecule has 0 saturated carbocycles. The van der Waals surface area contributed by atoms with Crippen LogP contribution < -0.4 is 4.90 Å². The fourth-order valence-corrected chi connectivity index (χ4v) is 2.93. The molecule has 0 bridgehead atoms. The maximum atomic E-state index is 12.7. The van der Waals surface area contributed by atoms with Gasteiger partial charge in [0.1, 0.15) is 17.3 Å². The Kier molecular flexibility index (Phi) is 4.11. The quantitative estimate of drug-likeness (QED) is 0.808. The third-order valence-corrected chi connectivity index (χ3v) is 4.45. The van der Waals surface area contributed by atoms with Crippen molar-refractivity contribution in [3.8, 4) is 0 Å². The first kappa shape index (κ1) is 16.0. The number of piperazine rings is 1. The maximum Gasteiger partial charge on any atom is 0.433 e. The van der Waals surface area contributed by atoms with Gasteiger partial charge in [-0.25, -0.2) is 18.4 Å². The third kappa shape index (κ3) is 3.82. The monoisotopic (exact) mass is 324 g/mol. The van der Waals surface area contributed by atoms with Gasteiger partial charge >= 0.3 is 6.18 Å². The summed E-state index contributed by atoms with van der Waals surface area (Å²) in [5.41, 5.74) is -0.990. The second-order valence-corrected chi connectivity index (χ2v) is 6.79. The molecule has 2 heterocycles. The SMILES string of the molecule is Cc1nc(N2CCN(S(C)(=O)=O)CC2)cc(C(F)(F)F)n1. The molecule has 0 aromatic carbocycles. The minimum atomic E-state index is -4.53. The molecule has 10 heteroatoms. The van der Waals surface area contributed by atoms with Gasteiger partial charge < -0.3 is 4.90 Å². The van der Waals surface area contributed by atoms with Crippen molar-refractivity contribution >= 4 is 15.8 Å². The van der Waals surface area contributed by atoms with Gasteiger partial charge in [-0.1, -0.05) is 0 Å². The van der Waals surface area contributed by atoms with Crippen molar-refractivity contribution in [1.82, 2.24) is 14.3 Å². The zero-order chi connectivity index (χ0) is 15.8. The highest BCUT2D eigenvalue weighted by molar-refractivity contribution is 7.88. The Morgan fingerprint density at radius 2 is 1.71 bits per heavy atom. The molecule has 6 nitrogen and oxygen atoms in total. The largest absolute Gasteiger partial charge is 0.433 e. The standard InChI is InChI=1S/C11H15F3N4O2S/c1-8-15-9(11(12,13)14)7-10(16-8)17-3-5-18(6-4-17)21(2,19)20/h7H,3-6H2,1-2H3. The smallest absolute Gasteiger partial charge is 0.354 e. The molecule has 1 aliphatic rings. The van der Waals surface area contributed by atoms with Crippen molar-refractivity contribution in [3.05, 3.63) is 17.6 Å². The average Bonchev–Trinajstić information content (AvgIpc) is 2.36. The number of rotatable bonds is 2. The minimum Gasteiger partial charge on any atom is -0.354 e. The maximum absolute atomic E-state index is 12.7. The van der Waals surface area contributed by atoms with E-state index in [1.165, 1.54) is 11.2 Å². The molecule has 2 rings (SSSR count). The van der Waals surface area contributed by atoms with Crippen molar-refractivity contribution in [2.75, 3.05) is 37.3 Å². The topological polar surface area (TPSA) is 66.4 Å². The van der Waals surface area contributed by atoms with Crippen LogP contribution in [0.3, 0.4) is 0 Å². The summed E-state index contributed by atoms with van der Waals surface area (Å²) in [5, 5.41) is 0. The highest BCUT2D eigenvalue weighted by atomic mass is 32.2. The lowest BCUT2D eigenvalue weighted by Crippen LogP contribution is -2.48.